The molecule has 4 heterocycles. The van der Waals surface area contributed by atoms with Crippen molar-refractivity contribution in [3.63, 3.8) is 0 Å². The zero-order valence-electron chi connectivity index (χ0n) is 22.3. The normalized spacial score (nSPS) is 20.7. The van der Waals surface area contributed by atoms with Crippen LogP contribution in [-0.4, -0.2) is 54.5 Å². The lowest BCUT2D eigenvalue weighted by Gasteiger charge is -2.51. The fraction of sp³-hybridized carbons (Fsp3) is 0.690. The number of likely N-dealkylation sites (tertiary alicyclic amines) is 1. The quantitative estimate of drug-likeness (QED) is 0.464. The van der Waals surface area contributed by atoms with Crippen molar-refractivity contribution in [2.24, 2.45) is 10.4 Å². The number of piperidine rings is 1. The molecule has 1 aromatic rings. The first-order valence-electron chi connectivity index (χ1n) is 14.0. The summed E-state index contributed by atoms with van der Waals surface area (Å²) in [4.78, 5) is 14.8. The number of dihydropyridines is 1. The van der Waals surface area contributed by atoms with Crippen molar-refractivity contribution < 1.29 is 0 Å². The molecular formula is C29H44N6. The van der Waals surface area contributed by atoms with Crippen molar-refractivity contribution in [2.45, 2.75) is 91.0 Å². The number of pyridine rings is 1. The van der Waals surface area contributed by atoms with E-state index in [-0.39, 0.29) is 0 Å². The molecule has 4 rings (SSSR count). The summed E-state index contributed by atoms with van der Waals surface area (Å²) in [6, 6.07) is 7.59. The Balaban J connectivity index is 1.55. The molecule has 190 valence electrons. The number of aromatic nitrogens is 1. The summed E-state index contributed by atoms with van der Waals surface area (Å²) in [5.41, 5.74) is 2.62. The minimum absolute atomic E-state index is 0.443. The SMILES string of the molecule is CCCC1(CC)CN(c2cc(C3CCN(C(CC)CC)CC3)cc(NC3=NCCC(C#N)=C3)n2)C1. The molecule has 0 saturated carbocycles. The minimum Gasteiger partial charge on any atom is -0.355 e. The van der Waals surface area contributed by atoms with Gasteiger partial charge in [0.15, 0.2) is 0 Å². The maximum absolute atomic E-state index is 9.33. The number of hydrogen-bond donors (Lipinski definition) is 1. The smallest absolute Gasteiger partial charge is 0.134 e. The monoisotopic (exact) mass is 476 g/mol. The molecule has 0 atom stereocenters. The molecule has 0 spiro atoms. The Labute approximate surface area is 212 Å². The molecule has 2 fully saturated rings. The van der Waals surface area contributed by atoms with Gasteiger partial charge < -0.3 is 15.1 Å². The van der Waals surface area contributed by atoms with E-state index >= 15 is 0 Å². The number of nitrogens with zero attached hydrogens (tertiary/aromatic N) is 5. The van der Waals surface area contributed by atoms with Crippen LogP contribution in [0.2, 0.25) is 0 Å². The lowest BCUT2D eigenvalue weighted by Crippen LogP contribution is -2.56. The summed E-state index contributed by atoms with van der Waals surface area (Å²) in [5, 5.41) is 12.8. The van der Waals surface area contributed by atoms with E-state index in [2.05, 4.69) is 66.0 Å². The minimum atomic E-state index is 0.443. The van der Waals surface area contributed by atoms with Gasteiger partial charge in [0.05, 0.1) is 6.07 Å². The molecule has 0 amide bonds. The topological polar surface area (TPSA) is 67.5 Å². The van der Waals surface area contributed by atoms with Gasteiger partial charge in [-0.25, -0.2) is 4.98 Å². The second-order valence-electron chi connectivity index (χ2n) is 10.8. The summed E-state index contributed by atoms with van der Waals surface area (Å²) in [6.07, 6.45) is 11.2. The molecule has 3 aliphatic heterocycles. The third-order valence-electron chi connectivity index (χ3n) is 8.57. The van der Waals surface area contributed by atoms with Crippen LogP contribution in [0.1, 0.15) is 90.5 Å². The van der Waals surface area contributed by atoms with Crippen LogP contribution in [-0.2, 0) is 0 Å². The highest BCUT2D eigenvalue weighted by molar-refractivity contribution is 6.04. The van der Waals surface area contributed by atoms with Gasteiger partial charge >= 0.3 is 0 Å². The van der Waals surface area contributed by atoms with Gasteiger partial charge in [-0.15, -0.1) is 0 Å². The van der Waals surface area contributed by atoms with Crippen LogP contribution in [0.5, 0.6) is 0 Å². The van der Waals surface area contributed by atoms with Crippen molar-refractivity contribution >= 4 is 17.5 Å². The molecule has 1 N–H and O–H groups in total. The average molecular weight is 477 g/mol. The van der Waals surface area contributed by atoms with Gasteiger partial charge in [-0.3, -0.25) is 4.99 Å². The van der Waals surface area contributed by atoms with Gasteiger partial charge in [-0.1, -0.05) is 34.1 Å². The maximum atomic E-state index is 9.33. The van der Waals surface area contributed by atoms with E-state index in [0.29, 0.717) is 23.9 Å². The maximum Gasteiger partial charge on any atom is 0.134 e. The Morgan fingerprint density at radius 2 is 1.89 bits per heavy atom. The van der Waals surface area contributed by atoms with E-state index in [1.54, 1.807) is 0 Å². The molecule has 3 aliphatic rings. The Morgan fingerprint density at radius 3 is 2.51 bits per heavy atom. The number of nitriles is 1. The van der Waals surface area contributed by atoms with Crippen molar-refractivity contribution in [3.8, 4) is 6.07 Å². The number of anilines is 2. The summed E-state index contributed by atoms with van der Waals surface area (Å²) < 4.78 is 0. The van der Waals surface area contributed by atoms with Crippen LogP contribution < -0.4 is 10.2 Å². The molecule has 6 heteroatoms. The summed E-state index contributed by atoms with van der Waals surface area (Å²) in [6.45, 7) is 14.5. The summed E-state index contributed by atoms with van der Waals surface area (Å²) in [5.74, 6) is 3.27. The Morgan fingerprint density at radius 1 is 1.14 bits per heavy atom. The fourth-order valence-electron chi connectivity index (χ4n) is 6.29. The van der Waals surface area contributed by atoms with E-state index in [9.17, 15) is 5.26 Å². The van der Waals surface area contributed by atoms with Crippen LogP contribution in [0, 0.1) is 16.7 Å². The van der Waals surface area contributed by atoms with Gasteiger partial charge in [-0.2, -0.15) is 5.26 Å². The predicted octanol–water partition coefficient (Wildman–Crippen LogP) is 6.13. The summed E-state index contributed by atoms with van der Waals surface area (Å²) >= 11 is 0. The van der Waals surface area contributed by atoms with Crippen LogP contribution in [0.4, 0.5) is 11.6 Å². The zero-order valence-corrected chi connectivity index (χ0v) is 22.3. The van der Waals surface area contributed by atoms with Crippen molar-refractivity contribution in [1.82, 2.24) is 9.88 Å². The van der Waals surface area contributed by atoms with Crippen LogP contribution in [0.3, 0.4) is 0 Å². The van der Waals surface area contributed by atoms with Crippen LogP contribution in [0.15, 0.2) is 28.8 Å². The molecule has 1 aromatic heterocycles. The number of rotatable bonds is 9. The first kappa shape index (κ1) is 25.7. The first-order valence-corrected chi connectivity index (χ1v) is 14.0. The Bertz CT molecular complexity index is 956. The molecule has 35 heavy (non-hydrogen) atoms. The van der Waals surface area contributed by atoms with E-state index < -0.39 is 0 Å². The predicted molar refractivity (Wildman–Crippen MR) is 146 cm³/mol. The highest BCUT2D eigenvalue weighted by atomic mass is 15.3. The molecule has 0 radical (unpaired) electrons. The van der Waals surface area contributed by atoms with Crippen LogP contribution >= 0.6 is 0 Å². The third kappa shape index (κ3) is 5.89. The van der Waals surface area contributed by atoms with Gasteiger partial charge in [-0.05, 0) is 81.3 Å². The standard InChI is InChI=1S/C29H44N6/c1-5-12-29(8-4)20-35(21-29)28-18-24(23-10-14-34(15-11-23)25(6-2)7-3)17-27(33-28)32-26-16-22(19-30)9-13-31-26/h16-18,23,25H,5-15,20-21H2,1-4H3,(H,31,32,33). The molecule has 2 saturated heterocycles. The number of hydrogen-bond acceptors (Lipinski definition) is 6. The number of nitrogens with one attached hydrogen (secondary N) is 1. The molecule has 6 nitrogen and oxygen atoms in total. The molecule has 0 unspecified atom stereocenters. The molecular weight excluding hydrogens is 432 g/mol. The van der Waals surface area contributed by atoms with Crippen molar-refractivity contribution in [3.05, 3.63) is 29.3 Å². The molecule has 0 aliphatic carbocycles. The van der Waals surface area contributed by atoms with E-state index in [4.69, 9.17) is 4.98 Å². The lowest BCUT2D eigenvalue weighted by molar-refractivity contribution is 0.144. The molecule has 0 bridgehead atoms. The Kier molecular flexibility index (Phi) is 8.49. The Hall–Kier alpha value is -2.39. The van der Waals surface area contributed by atoms with Gasteiger partial charge in [0.25, 0.3) is 0 Å². The van der Waals surface area contributed by atoms with E-state index in [1.807, 2.05) is 6.08 Å². The van der Waals surface area contributed by atoms with Crippen molar-refractivity contribution in [1.29, 1.82) is 5.26 Å². The van der Waals surface area contributed by atoms with E-state index in [1.165, 1.54) is 63.6 Å². The van der Waals surface area contributed by atoms with Gasteiger partial charge in [0.1, 0.15) is 17.5 Å². The zero-order chi connectivity index (χ0) is 24.8. The van der Waals surface area contributed by atoms with Crippen LogP contribution in [0.25, 0.3) is 0 Å². The number of amidine groups is 1. The molecule has 0 aromatic carbocycles. The van der Waals surface area contributed by atoms with E-state index in [0.717, 1.165) is 42.6 Å². The average Bonchev–Trinajstić information content (AvgIpc) is 2.87. The highest BCUT2D eigenvalue weighted by Crippen LogP contribution is 2.42. The third-order valence-corrected chi connectivity index (χ3v) is 8.57. The lowest BCUT2D eigenvalue weighted by atomic mass is 9.74. The summed E-state index contributed by atoms with van der Waals surface area (Å²) in [7, 11) is 0. The second kappa shape index (κ2) is 11.6. The highest BCUT2D eigenvalue weighted by Gasteiger charge is 2.41. The fourth-order valence-corrected chi connectivity index (χ4v) is 6.29. The first-order chi connectivity index (χ1) is 17.0. The van der Waals surface area contributed by atoms with Gasteiger partial charge in [0, 0.05) is 43.1 Å². The second-order valence-corrected chi connectivity index (χ2v) is 10.8. The van der Waals surface area contributed by atoms with Crippen molar-refractivity contribution in [2.75, 3.05) is 42.9 Å². The number of aliphatic imine (C=N–C) groups is 1. The van der Waals surface area contributed by atoms with Gasteiger partial charge in [0.2, 0.25) is 0 Å². The largest absolute Gasteiger partial charge is 0.355 e.